The van der Waals surface area contributed by atoms with Crippen LogP contribution in [0.25, 0.3) is 0 Å². The zero-order valence-corrected chi connectivity index (χ0v) is 17.1. The second-order valence-corrected chi connectivity index (χ2v) is 8.21. The van der Waals surface area contributed by atoms with E-state index in [1.54, 1.807) is 30.3 Å². The summed E-state index contributed by atoms with van der Waals surface area (Å²) in [6.07, 6.45) is -5.98. The Bertz CT molecular complexity index is 978. The molecule has 3 rings (SSSR count). The molecule has 160 valence electrons. The normalized spacial score (nSPS) is 19.6. The smallest absolute Gasteiger partial charge is 0.438 e. The van der Waals surface area contributed by atoms with Gasteiger partial charge in [-0.2, -0.15) is 23.3 Å². The highest BCUT2D eigenvalue weighted by molar-refractivity contribution is 6.05. The Balaban J connectivity index is 2.01. The summed E-state index contributed by atoms with van der Waals surface area (Å²) < 4.78 is 46.4. The Labute approximate surface area is 172 Å². The van der Waals surface area contributed by atoms with Crippen molar-refractivity contribution in [3.8, 4) is 5.75 Å². The molecule has 0 spiro atoms. The highest BCUT2D eigenvalue weighted by Gasteiger charge is 2.63. The number of halogens is 3. The average molecular weight is 420 g/mol. The lowest BCUT2D eigenvalue weighted by molar-refractivity contribution is -0.297. The molecule has 0 aromatic heterocycles. The number of amides is 1. The van der Waals surface area contributed by atoms with Gasteiger partial charge < -0.3 is 9.84 Å². The lowest BCUT2D eigenvalue weighted by Crippen LogP contribution is -2.56. The number of benzene rings is 2. The van der Waals surface area contributed by atoms with Gasteiger partial charge in [-0.15, -0.1) is 0 Å². The fraction of sp³-hybridized carbons (Fsp3) is 0.364. The molecule has 0 bridgehead atoms. The molecule has 30 heavy (non-hydrogen) atoms. The molecule has 1 aliphatic heterocycles. The van der Waals surface area contributed by atoms with Gasteiger partial charge in [0.15, 0.2) is 0 Å². The number of methoxy groups -OCH3 is 1. The molecule has 0 saturated carbocycles. The monoisotopic (exact) mass is 420 g/mol. The van der Waals surface area contributed by atoms with Gasteiger partial charge in [0.25, 0.3) is 11.6 Å². The van der Waals surface area contributed by atoms with Crippen LogP contribution < -0.4 is 4.74 Å². The summed E-state index contributed by atoms with van der Waals surface area (Å²) >= 11 is 0. The van der Waals surface area contributed by atoms with Gasteiger partial charge >= 0.3 is 6.18 Å². The van der Waals surface area contributed by atoms with Crippen molar-refractivity contribution in [2.75, 3.05) is 7.11 Å². The van der Waals surface area contributed by atoms with Crippen LogP contribution in [0.1, 0.15) is 48.7 Å². The van der Waals surface area contributed by atoms with E-state index in [4.69, 9.17) is 4.74 Å². The maximum absolute atomic E-state index is 13.8. The summed E-state index contributed by atoms with van der Waals surface area (Å²) in [4.78, 5) is 12.9. The maximum Gasteiger partial charge on any atom is 0.438 e. The molecule has 1 aliphatic rings. The van der Waals surface area contributed by atoms with Gasteiger partial charge in [-0.25, -0.2) is 0 Å². The predicted molar refractivity (Wildman–Crippen MR) is 106 cm³/mol. The first-order valence-corrected chi connectivity index (χ1v) is 9.33. The van der Waals surface area contributed by atoms with Crippen molar-refractivity contribution < 1.29 is 27.8 Å². The third-order valence-corrected chi connectivity index (χ3v) is 5.03. The standard InChI is InChI=1S/C22H23F3N2O3/c1-20(2,3)16-10-8-14(9-11-16)19(28)27-21(29,22(23,24)25)13-18(26-27)15-6-5-7-17(12-15)30-4/h5-12,29H,13H2,1-4H3/t21-/m1/s1. The second-order valence-electron chi connectivity index (χ2n) is 8.21. The Morgan fingerprint density at radius 1 is 1.13 bits per heavy atom. The highest BCUT2D eigenvalue weighted by atomic mass is 19.4. The van der Waals surface area contributed by atoms with Gasteiger partial charge in [0.1, 0.15) is 5.75 Å². The van der Waals surface area contributed by atoms with E-state index in [1.165, 1.54) is 25.3 Å². The maximum atomic E-state index is 13.8. The Morgan fingerprint density at radius 3 is 2.30 bits per heavy atom. The van der Waals surface area contributed by atoms with Crippen molar-refractivity contribution in [2.45, 2.75) is 44.5 Å². The third kappa shape index (κ3) is 3.92. The van der Waals surface area contributed by atoms with Crippen molar-refractivity contribution in [1.29, 1.82) is 0 Å². The van der Waals surface area contributed by atoms with Crippen LogP contribution >= 0.6 is 0 Å². The Kier molecular flexibility index (Phi) is 5.41. The first kappa shape index (κ1) is 21.8. The van der Waals surface area contributed by atoms with Crippen LogP contribution in [0.5, 0.6) is 5.75 Å². The van der Waals surface area contributed by atoms with Gasteiger partial charge in [-0.1, -0.05) is 45.0 Å². The van der Waals surface area contributed by atoms with E-state index in [0.29, 0.717) is 11.3 Å². The van der Waals surface area contributed by atoms with Crippen LogP contribution in [-0.2, 0) is 5.41 Å². The summed E-state index contributed by atoms with van der Waals surface area (Å²) in [5.41, 5.74) is -2.43. The Morgan fingerprint density at radius 2 is 1.77 bits per heavy atom. The minimum Gasteiger partial charge on any atom is -0.497 e. The second kappa shape index (κ2) is 7.43. The molecule has 0 saturated heterocycles. The van der Waals surface area contributed by atoms with Crippen LogP contribution in [0.3, 0.4) is 0 Å². The van der Waals surface area contributed by atoms with Gasteiger partial charge in [0.05, 0.1) is 19.2 Å². The van der Waals surface area contributed by atoms with E-state index in [9.17, 15) is 23.1 Å². The number of nitrogens with zero attached hydrogens (tertiary/aromatic N) is 2. The lowest BCUT2D eigenvalue weighted by atomic mass is 9.86. The number of hydrogen-bond donors (Lipinski definition) is 1. The number of alkyl halides is 3. The molecule has 1 heterocycles. The van der Waals surface area contributed by atoms with Gasteiger partial charge in [-0.3, -0.25) is 4.79 Å². The first-order chi connectivity index (χ1) is 13.9. The summed E-state index contributed by atoms with van der Waals surface area (Å²) in [5, 5.41) is 14.5. The van der Waals surface area contributed by atoms with E-state index in [1.807, 2.05) is 20.8 Å². The number of rotatable bonds is 3. The van der Waals surface area contributed by atoms with Crippen molar-refractivity contribution in [3.05, 3.63) is 65.2 Å². The van der Waals surface area contributed by atoms with E-state index in [-0.39, 0.29) is 21.7 Å². The number of hydrogen-bond acceptors (Lipinski definition) is 4. The molecule has 2 aromatic rings. The lowest BCUT2D eigenvalue weighted by Gasteiger charge is -2.32. The average Bonchev–Trinajstić information content (AvgIpc) is 3.06. The molecule has 1 atom stereocenters. The highest BCUT2D eigenvalue weighted by Crippen LogP contribution is 2.42. The zero-order chi connectivity index (χ0) is 22.3. The van der Waals surface area contributed by atoms with Crippen molar-refractivity contribution in [3.63, 3.8) is 0 Å². The summed E-state index contributed by atoms with van der Waals surface area (Å²) in [6.45, 7) is 5.95. The van der Waals surface area contributed by atoms with Crippen LogP contribution in [0.4, 0.5) is 13.2 Å². The molecule has 1 N–H and O–H groups in total. The molecule has 8 heteroatoms. The zero-order valence-electron chi connectivity index (χ0n) is 17.1. The number of carbonyl (C=O) groups is 1. The molecule has 0 fully saturated rings. The van der Waals surface area contributed by atoms with Gasteiger partial charge in [0, 0.05) is 11.1 Å². The molecule has 2 aromatic carbocycles. The van der Waals surface area contributed by atoms with Gasteiger partial charge in [0.2, 0.25) is 0 Å². The number of hydrazone groups is 1. The molecule has 0 radical (unpaired) electrons. The SMILES string of the molecule is COc1cccc(C2=NN(C(=O)c3ccc(C(C)(C)C)cc3)[C@](O)(C(F)(F)F)C2)c1. The minimum absolute atomic E-state index is 0.00122. The summed E-state index contributed by atoms with van der Waals surface area (Å²) in [5.74, 6) is -0.610. The van der Waals surface area contributed by atoms with Crippen LogP contribution in [-0.4, -0.2) is 40.7 Å². The number of ether oxygens (including phenoxy) is 1. The fourth-order valence-corrected chi connectivity index (χ4v) is 3.18. The van der Waals surface area contributed by atoms with Crippen molar-refractivity contribution in [1.82, 2.24) is 5.01 Å². The predicted octanol–water partition coefficient (Wildman–Crippen LogP) is 4.49. The van der Waals surface area contributed by atoms with E-state index >= 15 is 0 Å². The van der Waals surface area contributed by atoms with Crippen molar-refractivity contribution in [2.24, 2.45) is 5.10 Å². The minimum atomic E-state index is -5.10. The molecule has 5 nitrogen and oxygen atoms in total. The summed E-state index contributed by atoms with van der Waals surface area (Å²) in [7, 11) is 1.43. The van der Waals surface area contributed by atoms with Crippen LogP contribution in [0, 0.1) is 0 Å². The number of aliphatic hydroxyl groups is 1. The molecular formula is C22H23F3N2O3. The van der Waals surface area contributed by atoms with Gasteiger partial charge in [-0.05, 0) is 35.2 Å². The topological polar surface area (TPSA) is 62.1 Å². The molecular weight excluding hydrogens is 397 g/mol. The van der Waals surface area contributed by atoms with Crippen LogP contribution in [0.15, 0.2) is 53.6 Å². The summed E-state index contributed by atoms with van der Waals surface area (Å²) in [6, 6.07) is 12.5. The molecule has 1 amide bonds. The fourth-order valence-electron chi connectivity index (χ4n) is 3.18. The van der Waals surface area contributed by atoms with Crippen LogP contribution in [0.2, 0.25) is 0 Å². The van der Waals surface area contributed by atoms with Crippen molar-refractivity contribution >= 4 is 11.6 Å². The van der Waals surface area contributed by atoms with E-state index < -0.39 is 24.2 Å². The third-order valence-electron chi connectivity index (χ3n) is 5.03. The first-order valence-electron chi connectivity index (χ1n) is 9.33. The van der Waals surface area contributed by atoms with E-state index in [2.05, 4.69) is 5.10 Å². The quantitative estimate of drug-likeness (QED) is 0.796. The Hall–Kier alpha value is -2.87. The number of carbonyl (C=O) groups excluding carboxylic acids is 1. The molecule has 0 aliphatic carbocycles. The largest absolute Gasteiger partial charge is 0.497 e. The van der Waals surface area contributed by atoms with E-state index in [0.717, 1.165) is 5.56 Å². The molecule has 0 unspecified atom stereocenters.